The molecule has 2 aromatic rings. The maximum absolute atomic E-state index is 14.2. The number of allylic oxidation sites excluding steroid dienone is 1. The largest absolute Gasteiger partial charge is 0.435 e. The van der Waals surface area contributed by atoms with Crippen LogP contribution in [0.1, 0.15) is 56.2 Å². The summed E-state index contributed by atoms with van der Waals surface area (Å²) in [6.07, 6.45) is 6.06. The van der Waals surface area contributed by atoms with Gasteiger partial charge in [-0.15, -0.1) is 0 Å². The second-order valence-corrected chi connectivity index (χ2v) is 6.67. The lowest BCUT2D eigenvalue weighted by Gasteiger charge is -2.03. The Morgan fingerprint density at radius 2 is 1.71 bits per heavy atom. The van der Waals surface area contributed by atoms with Crippen molar-refractivity contribution < 1.29 is 17.9 Å². The molecule has 1 aliphatic carbocycles. The first-order valence-corrected chi connectivity index (χ1v) is 9.54. The summed E-state index contributed by atoms with van der Waals surface area (Å²) >= 11 is 0. The van der Waals surface area contributed by atoms with E-state index in [2.05, 4.69) is 30.4 Å². The van der Waals surface area contributed by atoms with E-state index in [4.69, 9.17) is 0 Å². The number of ether oxygens (including phenoxy) is 1. The second-order valence-electron chi connectivity index (χ2n) is 6.67. The van der Waals surface area contributed by atoms with Crippen LogP contribution in [0.25, 0.3) is 5.83 Å². The summed E-state index contributed by atoms with van der Waals surface area (Å²) in [6, 6.07) is 13.1. The van der Waals surface area contributed by atoms with Gasteiger partial charge in [0.25, 0.3) is 0 Å². The Hall–Kier alpha value is -2.67. The molecule has 0 radical (unpaired) electrons. The predicted molar refractivity (Wildman–Crippen MR) is 108 cm³/mol. The van der Waals surface area contributed by atoms with Crippen molar-refractivity contribution in [2.45, 2.75) is 46.1 Å². The predicted octanol–water partition coefficient (Wildman–Crippen LogP) is 7.21. The SMILES string of the molecule is CCC.F/C(=C\CC1CC1)c1cccc(C#Cc2ccc(OC(F)F)cc2)c1. The molecular formula is C24H25F3O. The Labute approximate surface area is 165 Å². The molecular weight excluding hydrogens is 361 g/mol. The Kier molecular flexibility index (Phi) is 8.68. The molecule has 28 heavy (non-hydrogen) atoms. The van der Waals surface area contributed by atoms with E-state index < -0.39 is 6.61 Å². The third kappa shape index (κ3) is 7.92. The minimum Gasteiger partial charge on any atom is -0.435 e. The van der Waals surface area contributed by atoms with Gasteiger partial charge < -0.3 is 4.74 Å². The number of benzene rings is 2. The highest BCUT2D eigenvalue weighted by atomic mass is 19.3. The van der Waals surface area contributed by atoms with Gasteiger partial charge in [0.05, 0.1) is 0 Å². The van der Waals surface area contributed by atoms with Gasteiger partial charge in [-0.2, -0.15) is 8.78 Å². The van der Waals surface area contributed by atoms with Crippen LogP contribution in [0.3, 0.4) is 0 Å². The van der Waals surface area contributed by atoms with Crippen LogP contribution < -0.4 is 4.74 Å². The van der Waals surface area contributed by atoms with Crippen molar-refractivity contribution in [1.29, 1.82) is 0 Å². The molecule has 1 saturated carbocycles. The molecule has 1 aliphatic rings. The van der Waals surface area contributed by atoms with Crippen molar-refractivity contribution in [2.24, 2.45) is 5.92 Å². The third-order valence-electron chi connectivity index (χ3n) is 3.90. The molecule has 0 amide bonds. The molecule has 0 heterocycles. The first kappa shape index (κ1) is 21.6. The molecule has 0 aromatic heterocycles. The van der Waals surface area contributed by atoms with Crippen LogP contribution in [0.5, 0.6) is 5.75 Å². The number of rotatable bonds is 5. The van der Waals surface area contributed by atoms with Gasteiger partial charge >= 0.3 is 6.61 Å². The standard InChI is InChI=1S/C21H17F3O.C3H8/c22-20(13-10-15-4-5-15)18-3-1-2-17(14-18)7-6-16-8-11-19(12-9-16)25-21(23)24;1-3-2/h1-3,8-9,11-15,21H,4-5,10H2;3H2,1-2H3/b20-13-;. The summed E-state index contributed by atoms with van der Waals surface area (Å²) in [7, 11) is 0. The first-order chi connectivity index (χ1) is 13.5. The van der Waals surface area contributed by atoms with Crippen LogP contribution in [0.4, 0.5) is 13.2 Å². The summed E-state index contributed by atoms with van der Waals surface area (Å²) in [5.41, 5.74) is 1.88. The van der Waals surface area contributed by atoms with Crippen molar-refractivity contribution >= 4 is 5.83 Å². The van der Waals surface area contributed by atoms with Gasteiger partial charge in [-0.05, 0) is 67.7 Å². The van der Waals surface area contributed by atoms with Crippen LogP contribution in [0.15, 0.2) is 54.6 Å². The molecule has 3 rings (SSSR count). The van der Waals surface area contributed by atoms with E-state index in [9.17, 15) is 13.2 Å². The van der Waals surface area contributed by atoms with E-state index in [1.807, 2.05) is 0 Å². The Morgan fingerprint density at radius 1 is 1.07 bits per heavy atom. The lowest BCUT2D eigenvalue weighted by molar-refractivity contribution is -0.0498. The van der Waals surface area contributed by atoms with E-state index in [1.54, 1.807) is 42.5 Å². The van der Waals surface area contributed by atoms with Gasteiger partial charge in [-0.3, -0.25) is 0 Å². The van der Waals surface area contributed by atoms with Crippen LogP contribution in [-0.4, -0.2) is 6.61 Å². The van der Waals surface area contributed by atoms with Crippen LogP contribution >= 0.6 is 0 Å². The average molecular weight is 386 g/mol. The van der Waals surface area contributed by atoms with Gasteiger partial charge in [0, 0.05) is 16.7 Å². The average Bonchev–Trinajstić information content (AvgIpc) is 3.50. The maximum Gasteiger partial charge on any atom is 0.387 e. The number of hydrogen-bond acceptors (Lipinski definition) is 1. The number of halogens is 3. The maximum atomic E-state index is 14.2. The first-order valence-electron chi connectivity index (χ1n) is 9.54. The zero-order chi connectivity index (χ0) is 20.4. The Bertz CT molecular complexity index is 825. The van der Waals surface area contributed by atoms with Crippen molar-refractivity contribution in [3.05, 3.63) is 71.3 Å². The fraction of sp³-hybridized carbons (Fsp3) is 0.333. The Balaban J connectivity index is 0.000000878. The van der Waals surface area contributed by atoms with Crippen molar-refractivity contribution in [3.63, 3.8) is 0 Å². The van der Waals surface area contributed by atoms with E-state index in [0.29, 0.717) is 22.6 Å². The van der Waals surface area contributed by atoms with Crippen molar-refractivity contribution in [1.82, 2.24) is 0 Å². The third-order valence-corrected chi connectivity index (χ3v) is 3.90. The molecule has 0 unspecified atom stereocenters. The van der Waals surface area contributed by atoms with Gasteiger partial charge in [0.1, 0.15) is 11.6 Å². The topological polar surface area (TPSA) is 9.23 Å². The summed E-state index contributed by atoms with van der Waals surface area (Å²) in [6.45, 7) is 1.41. The minimum atomic E-state index is -2.84. The summed E-state index contributed by atoms with van der Waals surface area (Å²) in [5.74, 6) is 6.41. The highest BCUT2D eigenvalue weighted by molar-refractivity contribution is 5.61. The number of hydrogen-bond donors (Lipinski definition) is 0. The van der Waals surface area contributed by atoms with Crippen LogP contribution in [-0.2, 0) is 0 Å². The molecule has 0 N–H and O–H groups in total. The van der Waals surface area contributed by atoms with Gasteiger partial charge in [0.15, 0.2) is 0 Å². The fourth-order valence-electron chi connectivity index (χ4n) is 2.35. The van der Waals surface area contributed by atoms with E-state index >= 15 is 0 Å². The molecule has 0 bridgehead atoms. The highest BCUT2D eigenvalue weighted by Gasteiger charge is 2.19. The van der Waals surface area contributed by atoms with Crippen molar-refractivity contribution in [3.8, 4) is 17.6 Å². The summed E-state index contributed by atoms with van der Waals surface area (Å²) < 4.78 is 42.7. The smallest absolute Gasteiger partial charge is 0.387 e. The van der Waals surface area contributed by atoms with Crippen LogP contribution in [0.2, 0.25) is 0 Å². The lowest BCUT2D eigenvalue weighted by atomic mass is 10.1. The molecule has 148 valence electrons. The monoisotopic (exact) mass is 386 g/mol. The normalized spacial score (nSPS) is 13.3. The molecule has 0 spiro atoms. The number of alkyl halides is 2. The molecule has 0 aliphatic heterocycles. The minimum absolute atomic E-state index is 0.0884. The van der Waals surface area contributed by atoms with Gasteiger partial charge in [-0.1, -0.05) is 44.2 Å². The van der Waals surface area contributed by atoms with E-state index in [-0.39, 0.29) is 11.6 Å². The molecule has 0 atom stereocenters. The molecule has 1 nitrogen and oxygen atoms in total. The quantitative estimate of drug-likeness (QED) is 0.493. The van der Waals surface area contributed by atoms with Crippen molar-refractivity contribution in [2.75, 3.05) is 0 Å². The Morgan fingerprint density at radius 3 is 2.32 bits per heavy atom. The summed E-state index contributed by atoms with van der Waals surface area (Å²) in [5, 5.41) is 0. The zero-order valence-corrected chi connectivity index (χ0v) is 16.2. The lowest BCUT2D eigenvalue weighted by Crippen LogP contribution is -2.01. The molecule has 4 heteroatoms. The van der Waals surface area contributed by atoms with E-state index in [1.165, 1.54) is 31.4 Å². The van der Waals surface area contributed by atoms with Gasteiger partial charge in [0.2, 0.25) is 0 Å². The molecule has 0 saturated heterocycles. The zero-order valence-electron chi connectivity index (χ0n) is 16.2. The van der Waals surface area contributed by atoms with E-state index in [0.717, 1.165) is 6.42 Å². The fourth-order valence-corrected chi connectivity index (χ4v) is 2.35. The van der Waals surface area contributed by atoms with Crippen LogP contribution in [0, 0.1) is 17.8 Å². The van der Waals surface area contributed by atoms with Gasteiger partial charge in [-0.25, -0.2) is 4.39 Å². The molecule has 1 fully saturated rings. The second kappa shape index (κ2) is 11.2. The summed E-state index contributed by atoms with van der Waals surface area (Å²) in [4.78, 5) is 0. The molecule has 2 aromatic carbocycles. The highest BCUT2D eigenvalue weighted by Crippen LogP contribution is 2.34.